The number of aliphatic hydroxyl groups is 1. The number of carbonyl (C=O) groups is 1. The average Bonchev–Trinajstić information content (AvgIpc) is 2.38. The van der Waals surface area contributed by atoms with E-state index < -0.39 is 6.10 Å². The maximum atomic E-state index is 10.5. The molecule has 4 nitrogen and oxygen atoms in total. The van der Waals surface area contributed by atoms with Gasteiger partial charge in [-0.2, -0.15) is 0 Å². The Labute approximate surface area is 105 Å². The Bertz CT molecular complexity index is 368. The minimum atomic E-state index is -1.14. The lowest BCUT2D eigenvalue weighted by molar-refractivity contribution is -0.115. The van der Waals surface area contributed by atoms with Crippen LogP contribution >= 0.6 is 11.6 Å². The van der Waals surface area contributed by atoms with Crippen molar-refractivity contribution in [3.05, 3.63) is 23.8 Å². The van der Waals surface area contributed by atoms with E-state index in [4.69, 9.17) is 21.1 Å². The van der Waals surface area contributed by atoms with Crippen LogP contribution in [0.5, 0.6) is 11.5 Å². The number of hydrogen-bond donors (Lipinski definition) is 1. The van der Waals surface area contributed by atoms with E-state index >= 15 is 0 Å². The van der Waals surface area contributed by atoms with Crippen molar-refractivity contribution < 1.29 is 19.4 Å². The topological polar surface area (TPSA) is 55.8 Å². The van der Waals surface area contributed by atoms with Gasteiger partial charge in [0.05, 0.1) is 13.7 Å². The summed E-state index contributed by atoms with van der Waals surface area (Å²) >= 11 is 5.54. The summed E-state index contributed by atoms with van der Waals surface area (Å²) in [5.41, 5.74) is 0.474. The molecule has 0 aliphatic heterocycles. The van der Waals surface area contributed by atoms with E-state index in [9.17, 15) is 9.90 Å². The number of methoxy groups -OCH3 is 1. The van der Waals surface area contributed by atoms with Gasteiger partial charge in [-0.25, -0.2) is 0 Å². The number of rotatable bonds is 7. The molecule has 1 unspecified atom stereocenters. The van der Waals surface area contributed by atoms with E-state index in [2.05, 4.69) is 0 Å². The molecule has 1 rings (SSSR count). The zero-order valence-electron chi connectivity index (χ0n) is 9.56. The maximum Gasteiger partial charge on any atom is 0.161 e. The third-order valence-corrected chi connectivity index (χ3v) is 2.46. The molecule has 0 amide bonds. The number of aliphatic hydroxyl groups excluding tert-OH is 1. The summed E-state index contributed by atoms with van der Waals surface area (Å²) in [4.78, 5) is 10.5. The Hall–Kier alpha value is -1.26. The fourth-order valence-corrected chi connectivity index (χ4v) is 1.41. The van der Waals surface area contributed by atoms with Gasteiger partial charge in [0, 0.05) is 5.88 Å². The highest BCUT2D eigenvalue weighted by atomic mass is 35.5. The fraction of sp³-hybridized carbons (Fsp3) is 0.417. The van der Waals surface area contributed by atoms with Crippen LogP contribution in [0.25, 0.3) is 0 Å². The van der Waals surface area contributed by atoms with Crippen molar-refractivity contribution in [3.8, 4) is 11.5 Å². The van der Waals surface area contributed by atoms with E-state index in [-0.39, 0.29) is 0 Å². The molecule has 0 saturated heterocycles. The summed E-state index contributed by atoms with van der Waals surface area (Å²) in [6, 6.07) is 4.86. The minimum absolute atomic E-state index is 0.461. The SMILES string of the molecule is COc1cc(C(O)C=O)ccc1OCCCCl. The summed E-state index contributed by atoms with van der Waals surface area (Å²) in [5.74, 6) is 1.59. The normalized spacial score (nSPS) is 11.9. The van der Waals surface area contributed by atoms with Gasteiger partial charge < -0.3 is 19.4 Å². The van der Waals surface area contributed by atoms with Crippen molar-refractivity contribution >= 4 is 17.9 Å². The van der Waals surface area contributed by atoms with Gasteiger partial charge in [-0.05, 0) is 24.1 Å². The number of carbonyl (C=O) groups excluding carboxylic acids is 1. The molecule has 0 spiro atoms. The molecule has 1 atom stereocenters. The fourth-order valence-electron chi connectivity index (χ4n) is 1.30. The van der Waals surface area contributed by atoms with Crippen molar-refractivity contribution in [1.82, 2.24) is 0 Å². The second kappa shape index (κ2) is 7.14. The molecule has 94 valence electrons. The molecule has 5 heteroatoms. The first-order chi connectivity index (χ1) is 8.22. The smallest absolute Gasteiger partial charge is 0.161 e. The van der Waals surface area contributed by atoms with Crippen molar-refractivity contribution in [2.75, 3.05) is 19.6 Å². The summed E-state index contributed by atoms with van der Waals surface area (Å²) < 4.78 is 10.6. The molecule has 1 aromatic carbocycles. The van der Waals surface area contributed by atoms with Gasteiger partial charge in [0.25, 0.3) is 0 Å². The number of halogens is 1. The zero-order chi connectivity index (χ0) is 12.7. The number of alkyl halides is 1. The summed E-state index contributed by atoms with van der Waals surface area (Å²) in [5, 5.41) is 9.37. The molecule has 17 heavy (non-hydrogen) atoms. The van der Waals surface area contributed by atoms with Gasteiger partial charge >= 0.3 is 0 Å². The van der Waals surface area contributed by atoms with Crippen molar-refractivity contribution in [3.63, 3.8) is 0 Å². The molecule has 1 N–H and O–H groups in total. The van der Waals surface area contributed by atoms with Crippen LogP contribution in [0.3, 0.4) is 0 Å². The molecular formula is C12H15ClO4. The summed E-state index contributed by atoms with van der Waals surface area (Å²) in [6.45, 7) is 0.495. The first kappa shape index (κ1) is 13.8. The third kappa shape index (κ3) is 3.91. The minimum Gasteiger partial charge on any atom is -0.493 e. The second-order valence-electron chi connectivity index (χ2n) is 3.38. The highest BCUT2D eigenvalue weighted by Crippen LogP contribution is 2.30. The lowest BCUT2D eigenvalue weighted by Crippen LogP contribution is -2.02. The number of ether oxygens (including phenoxy) is 2. The Morgan fingerprint density at radius 2 is 2.24 bits per heavy atom. The van der Waals surface area contributed by atoms with Gasteiger partial charge in [-0.1, -0.05) is 6.07 Å². The lowest BCUT2D eigenvalue weighted by atomic mass is 10.1. The third-order valence-electron chi connectivity index (χ3n) is 2.19. The van der Waals surface area contributed by atoms with Crippen LogP contribution in [-0.2, 0) is 4.79 Å². The van der Waals surface area contributed by atoms with Crippen LogP contribution in [0.4, 0.5) is 0 Å². The Balaban J connectivity index is 2.81. The molecular weight excluding hydrogens is 244 g/mol. The molecule has 0 bridgehead atoms. The van der Waals surface area contributed by atoms with Crippen LogP contribution < -0.4 is 9.47 Å². The van der Waals surface area contributed by atoms with Gasteiger partial charge in [-0.15, -0.1) is 11.6 Å². The second-order valence-corrected chi connectivity index (χ2v) is 3.76. The predicted molar refractivity (Wildman–Crippen MR) is 64.8 cm³/mol. The molecule has 0 aliphatic carbocycles. The van der Waals surface area contributed by atoms with Crippen LogP contribution in [0, 0.1) is 0 Å². The Morgan fingerprint density at radius 3 is 2.82 bits per heavy atom. The number of aldehydes is 1. The molecule has 1 aromatic rings. The van der Waals surface area contributed by atoms with Gasteiger partial charge in [0.2, 0.25) is 0 Å². The van der Waals surface area contributed by atoms with Crippen LogP contribution in [0.2, 0.25) is 0 Å². The van der Waals surface area contributed by atoms with E-state index in [1.165, 1.54) is 7.11 Å². The summed E-state index contributed by atoms with van der Waals surface area (Å²) in [6.07, 6.45) is 0.0625. The number of benzene rings is 1. The average molecular weight is 259 g/mol. The molecule has 0 aliphatic rings. The van der Waals surface area contributed by atoms with Crippen LogP contribution in [0.1, 0.15) is 18.1 Å². The van der Waals surface area contributed by atoms with E-state index in [1.807, 2.05) is 0 Å². The monoisotopic (exact) mass is 258 g/mol. The molecule has 0 saturated carbocycles. The Kier molecular flexibility index (Phi) is 5.80. The largest absolute Gasteiger partial charge is 0.493 e. The molecule has 0 radical (unpaired) electrons. The van der Waals surface area contributed by atoms with Gasteiger partial charge in [0.15, 0.2) is 17.8 Å². The quantitative estimate of drug-likeness (QED) is 0.461. The van der Waals surface area contributed by atoms with Gasteiger partial charge in [-0.3, -0.25) is 0 Å². The van der Waals surface area contributed by atoms with Crippen molar-refractivity contribution in [2.24, 2.45) is 0 Å². The number of hydrogen-bond acceptors (Lipinski definition) is 4. The maximum absolute atomic E-state index is 10.5. The zero-order valence-corrected chi connectivity index (χ0v) is 10.3. The Morgan fingerprint density at radius 1 is 1.47 bits per heavy atom. The predicted octanol–water partition coefficient (Wildman–Crippen LogP) is 1.94. The highest BCUT2D eigenvalue weighted by Gasteiger charge is 2.10. The standard InChI is InChI=1S/C12H15ClO4/c1-16-12-7-9(10(15)8-14)3-4-11(12)17-6-2-5-13/h3-4,7-8,10,15H,2,5-6H2,1H3. The van der Waals surface area contributed by atoms with Crippen LogP contribution in [0.15, 0.2) is 18.2 Å². The first-order valence-electron chi connectivity index (χ1n) is 5.23. The first-order valence-corrected chi connectivity index (χ1v) is 5.76. The van der Waals surface area contributed by atoms with E-state index in [1.54, 1.807) is 18.2 Å². The molecule has 0 fully saturated rings. The van der Waals surface area contributed by atoms with Crippen molar-refractivity contribution in [1.29, 1.82) is 0 Å². The molecule has 0 heterocycles. The lowest BCUT2D eigenvalue weighted by Gasteiger charge is -2.12. The van der Waals surface area contributed by atoms with Gasteiger partial charge in [0.1, 0.15) is 6.10 Å². The summed E-state index contributed by atoms with van der Waals surface area (Å²) in [7, 11) is 1.50. The highest BCUT2D eigenvalue weighted by molar-refractivity contribution is 6.17. The van der Waals surface area contributed by atoms with E-state index in [0.29, 0.717) is 35.8 Å². The molecule has 0 aromatic heterocycles. The van der Waals surface area contributed by atoms with E-state index in [0.717, 1.165) is 6.42 Å². The van der Waals surface area contributed by atoms with Crippen molar-refractivity contribution in [2.45, 2.75) is 12.5 Å². The van der Waals surface area contributed by atoms with Crippen LogP contribution in [-0.4, -0.2) is 31.0 Å².